The summed E-state index contributed by atoms with van der Waals surface area (Å²) in [5, 5.41) is 6.57. The number of allylic oxidation sites excluding steroid dienone is 4. The zero-order valence-corrected chi connectivity index (χ0v) is 14.6. The van der Waals surface area contributed by atoms with E-state index in [0.717, 1.165) is 13.1 Å². The summed E-state index contributed by atoms with van der Waals surface area (Å²) >= 11 is 0. The molecule has 0 unspecified atom stereocenters. The minimum atomic E-state index is -0.431. The molecule has 0 heterocycles. The van der Waals surface area contributed by atoms with E-state index in [1.54, 1.807) is 24.4 Å². The van der Waals surface area contributed by atoms with E-state index in [0.29, 0.717) is 17.9 Å². The van der Waals surface area contributed by atoms with Gasteiger partial charge in [0.1, 0.15) is 5.82 Å². The van der Waals surface area contributed by atoms with E-state index in [4.69, 9.17) is 0 Å². The van der Waals surface area contributed by atoms with Crippen molar-refractivity contribution in [3.63, 3.8) is 0 Å². The molecule has 5 heteroatoms. The fourth-order valence-corrected chi connectivity index (χ4v) is 1.81. The number of carbonyl (C=O) groups excluding carboxylic acids is 1. The second kappa shape index (κ2) is 12.5. The van der Waals surface area contributed by atoms with Crippen LogP contribution in [0.5, 0.6) is 0 Å². The Labute approximate surface area is 149 Å². The van der Waals surface area contributed by atoms with Crippen LogP contribution in [0.2, 0.25) is 0 Å². The van der Waals surface area contributed by atoms with Gasteiger partial charge in [-0.2, -0.15) is 0 Å². The molecule has 25 heavy (non-hydrogen) atoms. The first kappa shape index (κ1) is 20.1. The van der Waals surface area contributed by atoms with Crippen LogP contribution in [0.3, 0.4) is 0 Å². The van der Waals surface area contributed by atoms with Crippen molar-refractivity contribution < 1.29 is 9.53 Å². The molecule has 5 nitrogen and oxygen atoms in total. The summed E-state index contributed by atoms with van der Waals surface area (Å²) in [6.07, 6.45) is 7.84. The monoisotopic (exact) mass is 339 g/mol. The van der Waals surface area contributed by atoms with E-state index in [1.807, 2.05) is 18.2 Å². The maximum atomic E-state index is 11.0. The zero-order valence-electron chi connectivity index (χ0n) is 14.6. The third kappa shape index (κ3) is 9.73. The minimum Gasteiger partial charge on any atom is -0.466 e. The molecule has 2 N–H and O–H groups in total. The van der Waals surface area contributed by atoms with Crippen LogP contribution >= 0.6 is 0 Å². The number of benzene rings is 1. The molecular weight excluding hydrogens is 314 g/mol. The number of nitrogens with zero attached hydrogens (tertiary/aromatic N) is 1. The maximum Gasteiger partial charge on any atom is 0.330 e. The second-order valence-corrected chi connectivity index (χ2v) is 5.07. The standard InChI is InChI=1S/C20H25N3O2/c1-4-8-19(23-15-17(2)11-12-20(24)25-3)22-14-13-21-16-18-9-6-5-7-10-18/h4-12,15,21-22H,1-2,13-14,16H2,3H3/b12-11+,19-8-,23-15?. The van der Waals surface area contributed by atoms with Crippen molar-refractivity contribution in [3.05, 3.63) is 84.8 Å². The normalized spacial score (nSPS) is 11.6. The molecule has 0 atom stereocenters. The van der Waals surface area contributed by atoms with E-state index in [2.05, 4.69) is 45.7 Å². The summed E-state index contributed by atoms with van der Waals surface area (Å²) in [6, 6.07) is 10.2. The largest absolute Gasteiger partial charge is 0.466 e. The summed E-state index contributed by atoms with van der Waals surface area (Å²) < 4.78 is 4.52. The SMILES string of the molecule is C=C/C=C(\N=CC(=C)/C=C/C(=O)OC)NCCNCc1ccccc1. The fraction of sp³-hybridized carbons (Fsp3) is 0.200. The number of esters is 1. The molecule has 1 aromatic carbocycles. The van der Waals surface area contributed by atoms with Crippen molar-refractivity contribution in [2.24, 2.45) is 4.99 Å². The zero-order chi connectivity index (χ0) is 18.3. The van der Waals surface area contributed by atoms with Gasteiger partial charge in [0.15, 0.2) is 0 Å². The lowest BCUT2D eigenvalue weighted by Gasteiger charge is -2.08. The molecule has 0 aliphatic rings. The third-order valence-electron chi connectivity index (χ3n) is 3.06. The van der Waals surface area contributed by atoms with Gasteiger partial charge in [-0.05, 0) is 23.3 Å². The van der Waals surface area contributed by atoms with Gasteiger partial charge in [0.2, 0.25) is 0 Å². The molecule has 0 aliphatic heterocycles. The van der Waals surface area contributed by atoms with Gasteiger partial charge < -0.3 is 15.4 Å². The van der Waals surface area contributed by atoms with Crippen LogP contribution in [0, 0.1) is 0 Å². The number of ether oxygens (including phenoxy) is 1. The molecule has 132 valence electrons. The lowest BCUT2D eigenvalue weighted by atomic mass is 10.2. The average Bonchev–Trinajstić information content (AvgIpc) is 2.64. The van der Waals surface area contributed by atoms with Gasteiger partial charge in [-0.3, -0.25) is 0 Å². The van der Waals surface area contributed by atoms with Gasteiger partial charge in [-0.1, -0.05) is 49.6 Å². The van der Waals surface area contributed by atoms with Gasteiger partial charge in [0, 0.05) is 31.9 Å². The van der Waals surface area contributed by atoms with Crippen LogP contribution in [0.25, 0.3) is 0 Å². The minimum absolute atomic E-state index is 0.431. The first-order valence-electron chi connectivity index (χ1n) is 7.96. The molecule has 0 spiro atoms. The fourth-order valence-electron chi connectivity index (χ4n) is 1.81. The molecule has 0 aromatic heterocycles. The van der Waals surface area contributed by atoms with Crippen molar-refractivity contribution in [2.75, 3.05) is 20.2 Å². The summed E-state index contributed by atoms with van der Waals surface area (Å²) in [5.74, 6) is 0.239. The number of rotatable bonds is 11. The quantitative estimate of drug-likeness (QED) is 0.214. The van der Waals surface area contributed by atoms with Crippen LogP contribution in [-0.2, 0) is 16.1 Å². The summed E-state index contributed by atoms with van der Waals surface area (Å²) in [5.41, 5.74) is 1.83. The van der Waals surface area contributed by atoms with Gasteiger partial charge in [-0.25, -0.2) is 9.79 Å². The highest BCUT2D eigenvalue weighted by Crippen LogP contribution is 1.97. The highest BCUT2D eigenvalue weighted by molar-refractivity contribution is 5.87. The number of carbonyl (C=O) groups is 1. The number of hydrogen-bond donors (Lipinski definition) is 2. The van der Waals surface area contributed by atoms with Crippen molar-refractivity contribution in [1.82, 2.24) is 10.6 Å². The van der Waals surface area contributed by atoms with E-state index in [-0.39, 0.29) is 0 Å². The van der Waals surface area contributed by atoms with E-state index in [1.165, 1.54) is 18.7 Å². The lowest BCUT2D eigenvalue weighted by Crippen LogP contribution is -2.26. The summed E-state index contributed by atoms with van der Waals surface area (Å²) in [7, 11) is 1.32. The number of aliphatic imine (C=N–C) groups is 1. The molecule has 0 aliphatic carbocycles. The van der Waals surface area contributed by atoms with Crippen LogP contribution in [-0.4, -0.2) is 32.4 Å². The number of methoxy groups -OCH3 is 1. The molecule has 1 rings (SSSR count). The highest BCUT2D eigenvalue weighted by atomic mass is 16.5. The summed E-state index contributed by atoms with van der Waals surface area (Å²) in [4.78, 5) is 15.3. The molecule has 0 amide bonds. The Kier molecular flexibility index (Phi) is 10.1. The predicted molar refractivity (Wildman–Crippen MR) is 103 cm³/mol. The molecule has 0 saturated carbocycles. The van der Waals surface area contributed by atoms with Gasteiger partial charge >= 0.3 is 5.97 Å². The van der Waals surface area contributed by atoms with Crippen LogP contribution in [0.1, 0.15) is 5.56 Å². The Morgan fingerprint density at radius 2 is 2.00 bits per heavy atom. The topological polar surface area (TPSA) is 62.7 Å². The van der Waals surface area contributed by atoms with Gasteiger partial charge in [0.05, 0.1) is 7.11 Å². The molecular formula is C20H25N3O2. The van der Waals surface area contributed by atoms with Gasteiger partial charge in [-0.15, -0.1) is 0 Å². The molecule has 0 bridgehead atoms. The Morgan fingerprint density at radius 3 is 2.68 bits per heavy atom. The lowest BCUT2D eigenvalue weighted by molar-refractivity contribution is -0.134. The van der Waals surface area contributed by atoms with Crippen molar-refractivity contribution >= 4 is 12.2 Å². The smallest absolute Gasteiger partial charge is 0.330 e. The van der Waals surface area contributed by atoms with Crippen molar-refractivity contribution in [2.45, 2.75) is 6.54 Å². The van der Waals surface area contributed by atoms with Crippen molar-refractivity contribution in [3.8, 4) is 0 Å². The Bertz CT molecular complexity index is 646. The molecule has 0 radical (unpaired) electrons. The summed E-state index contributed by atoms with van der Waals surface area (Å²) in [6.45, 7) is 9.81. The second-order valence-electron chi connectivity index (χ2n) is 5.07. The maximum absolute atomic E-state index is 11.0. The molecule has 1 aromatic rings. The van der Waals surface area contributed by atoms with Crippen LogP contribution in [0.15, 0.2) is 84.2 Å². The highest BCUT2D eigenvalue weighted by Gasteiger charge is 1.95. The number of nitrogens with one attached hydrogen (secondary N) is 2. The molecule has 0 fully saturated rings. The van der Waals surface area contributed by atoms with E-state index >= 15 is 0 Å². The molecule has 0 saturated heterocycles. The van der Waals surface area contributed by atoms with Crippen molar-refractivity contribution in [1.29, 1.82) is 0 Å². The third-order valence-corrected chi connectivity index (χ3v) is 3.06. The Hall–Kier alpha value is -2.92. The van der Waals surface area contributed by atoms with E-state index in [9.17, 15) is 4.79 Å². The Balaban J connectivity index is 2.36. The predicted octanol–water partition coefficient (Wildman–Crippen LogP) is 2.75. The average molecular weight is 339 g/mol. The Morgan fingerprint density at radius 1 is 1.24 bits per heavy atom. The van der Waals surface area contributed by atoms with Crippen LogP contribution in [0.4, 0.5) is 0 Å². The first-order valence-corrected chi connectivity index (χ1v) is 7.96. The van der Waals surface area contributed by atoms with Crippen LogP contribution < -0.4 is 10.6 Å². The van der Waals surface area contributed by atoms with E-state index < -0.39 is 5.97 Å². The number of hydrogen-bond acceptors (Lipinski definition) is 5. The first-order chi connectivity index (χ1) is 12.2. The van der Waals surface area contributed by atoms with Gasteiger partial charge in [0.25, 0.3) is 0 Å².